The second-order valence-corrected chi connectivity index (χ2v) is 7.50. The van der Waals surface area contributed by atoms with E-state index in [1.165, 1.54) is 0 Å². The highest BCUT2D eigenvalue weighted by Crippen LogP contribution is 2.21. The molecule has 1 aromatic heterocycles. The number of benzene rings is 1. The minimum Gasteiger partial charge on any atom is -0.379 e. The lowest BCUT2D eigenvalue weighted by Crippen LogP contribution is -2.44. The summed E-state index contributed by atoms with van der Waals surface area (Å²) in [7, 11) is 4.09. The molecule has 0 spiro atoms. The fraction of sp³-hybridized carbons (Fsp3) is 0.529. The molecule has 1 fully saturated rings. The van der Waals surface area contributed by atoms with E-state index in [0.29, 0.717) is 32.2 Å². The predicted octanol–water partition coefficient (Wildman–Crippen LogP) is 2.02. The zero-order chi connectivity index (χ0) is 16.9. The zero-order valence-corrected chi connectivity index (χ0v) is 15.0. The predicted molar refractivity (Wildman–Crippen MR) is 96.3 cm³/mol. The monoisotopic (exact) mass is 348 g/mol. The van der Waals surface area contributed by atoms with Crippen LogP contribution in [-0.4, -0.2) is 67.8 Å². The van der Waals surface area contributed by atoms with Crippen molar-refractivity contribution in [3.05, 3.63) is 29.3 Å². The first kappa shape index (κ1) is 17.1. The van der Waals surface area contributed by atoms with Crippen molar-refractivity contribution in [1.29, 1.82) is 0 Å². The smallest absolute Gasteiger partial charge is 0.317 e. The molecule has 1 aliphatic heterocycles. The molecule has 0 aliphatic carbocycles. The van der Waals surface area contributed by atoms with Gasteiger partial charge >= 0.3 is 6.03 Å². The van der Waals surface area contributed by atoms with E-state index in [-0.39, 0.29) is 6.03 Å². The highest BCUT2D eigenvalue weighted by Gasteiger charge is 2.23. The van der Waals surface area contributed by atoms with Crippen molar-refractivity contribution in [2.75, 3.05) is 46.9 Å². The third kappa shape index (κ3) is 4.43. The number of hydrogen-bond donors (Lipinski definition) is 1. The standard InChI is InChI=1S/C17H24N4O2S/c1-20(2)10-13-11-21(7-8-23-12-13)17(22)18-9-16-19-14-5-3-4-6-15(14)24-16/h3-6,13H,7-12H2,1-2H3,(H,18,22)/t13-/m0/s1. The molecule has 1 N–H and O–H groups in total. The van der Waals surface area contributed by atoms with Crippen LogP contribution in [0.3, 0.4) is 0 Å². The maximum absolute atomic E-state index is 12.5. The molecule has 24 heavy (non-hydrogen) atoms. The number of nitrogens with one attached hydrogen (secondary N) is 1. The van der Waals surface area contributed by atoms with Gasteiger partial charge in [0.25, 0.3) is 0 Å². The van der Waals surface area contributed by atoms with Gasteiger partial charge in [0.05, 0.1) is 30.0 Å². The molecule has 1 aromatic carbocycles. The molecule has 3 rings (SSSR count). The van der Waals surface area contributed by atoms with Crippen LogP contribution in [0.5, 0.6) is 0 Å². The number of carbonyl (C=O) groups excluding carboxylic acids is 1. The molecule has 0 radical (unpaired) electrons. The number of fused-ring (bicyclic) bond motifs is 1. The summed E-state index contributed by atoms with van der Waals surface area (Å²) in [5.74, 6) is 0.343. The van der Waals surface area contributed by atoms with Crippen LogP contribution in [0.15, 0.2) is 24.3 Å². The molecule has 0 unspecified atom stereocenters. The molecule has 1 aliphatic rings. The van der Waals surface area contributed by atoms with Gasteiger partial charge in [-0.1, -0.05) is 12.1 Å². The summed E-state index contributed by atoms with van der Waals surface area (Å²) in [6.07, 6.45) is 0. The van der Waals surface area contributed by atoms with E-state index in [9.17, 15) is 4.79 Å². The number of ether oxygens (including phenoxy) is 1. The van der Waals surface area contributed by atoms with Gasteiger partial charge in [-0.2, -0.15) is 0 Å². The van der Waals surface area contributed by atoms with Crippen LogP contribution < -0.4 is 5.32 Å². The summed E-state index contributed by atoms with van der Waals surface area (Å²) in [5.41, 5.74) is 0.987. The van der Waals surface area contributed by atoms with E-state index in [4.69, 9.17) is 4.74 Å². The Labute approximate surface area is 146 Å². The molecular weight excluding hydrogens is 324 g/mol. The number of para-hydroxylation sites is 1. The van der Waals surface area contributed by atoms with Crippen LogP contribution in [0.2, 0.25) is 0 Å². The fourth-order valence-electron chi connectivity index (χ4n) is 2.95. The van der Waals surface area contributed by atoms with Crippen molar-refractivity contribution in [3.63, 3.8) is 0 Å². The van der Waals surface area contributed by atoms with E-state index in [2.05, 4.69) is 21.3 Å². The van der Waals surface area contributed by atoms with Gasteiger partial charge in [-0.15, -0.1) is 11.3 Å². The molecule has 0 saturated carbocycles. The van der Waals surface area contributed by atoms with Gasteiger partial charge in [-0.3, -0.25) is 0 Å². The molecular formula is C17H24N4O2S. The van der Waals surface area contributed by atoms with Gasteiger partial charge in [0.15, 0.2) is 0 Å². The minimum atomic E-state index is -0.0384. The van der Waals surface area contributed by atoms with Crippen LogP contribution in [0.1, 0.15) is 5.01 Å². The molecule has 130 valence electrons. The quantitative estimate of drug-likeness (QED) is 0.918. The summed E-state index contributed by atoms with van der Waals surface area (Å²) in [5, 5.41) is 3.93. The molecule has 1 atom stereocenters. The molecule has 2 heterocycles. The van der Waals surface area contributed by atoms with Gasteiger partial charge < -0.3 is 19.9 Å². The van der Waals surface area contributed by atoms with Crippen molar-refractivity contribution in [3.8, 4) is 0 Å². The van der Waals surface area contributed by atoms with E-state index in [1.807, 2.05) is 37.2 Å². The molecule has 7 heteroatoms. The summed E-state index contributed by atoms with van der Waals surface area (Å²) < 4.78 is 6.78. The van der Waals surface area contributed by atoms with Crippen molar-refractivity contribution in [1.82, 2.24) is 20.1 Å². The topological polar surface area (TPSA) is 57.7 Å². The van der Waals surface area contributed by atoms with E-state index < -0.39 is 0 Å². The minimum absolute atomic E-state index is 0.0384. The van der Waals surface area contributed by atoms with Crippen LogP contribution >= 0.6 is 11.3 Å². The Bertz CT molecular complexity index is 655. The van der Waals surface area contributed by atoms with Crippen LogP contribution in [-0.2, 0) is 11.3 Å². The van der Waals surface area contributed by atoms with Crippen LogP contribution in [0, 0.1) is 5.92 Å². The normalized spacial score (nSPS) is 18.8. The van der Waals surface area contributed by atoms with E-state index in [1.54, 1.807) is 11.3 Å². The molecule has 0 bridgehead atoms. The van der Waals surface area contributed by atoms with E-state index in [0.717, 1.165) is 28.3 Å². The fourth-order valence-corrected chi connectivity index (χ4v) is 3.86. The van der Waals surface area contributed by atoms with Gasteiger partial charge in [-0.05, 0) is 26.2 Å². The second kappa shape index (κ2) is 7.92. The van der Waals surface area contributed by atoms with Crippen molar-refractivity contribution in [2.24, 2.45) is 5.92 Å². The highest BCUT2D eigenvalue weighted by atomic mass is 32.1. The average Bonchev–Trinajstić information content (AvgIpc) is 2.83. The number of rotatable bonds is 4. The van der Waals surface area contributed by atoms with Gasteiger partial charge in [0.2, 0.25) is 0 Å². The summed E-state index contributed by atoms with van der Waals surface area (Å²) >= 11 is 1.62. The number of carbonyl (C=O) groups is 1. The van der Waals surface area contributed by atoms with Crippen molar-refractivity contribution >= 4 is 27.6 Å². The number of aromatic nitrogens is 1. The first-order valence-electron chi connectivity index (χ1n) is 8.21. The second-order valence-electron chi connectivity index (χ2n) is 6.38. The Kier molecular flexibility index (Phi) is 5.65. The summed E-state index contributed by atoms with van der Waals surface area (Å²) in [6.45, 7) is 4.05. The third-order valence-corrected chi connectivity index (χ3v) is 5.01. The Morgan fingerprint density at radius 3 is 3.08 bits per heavy atom. The Balaban J connectivity index is 1.56. The summed E-state index contributed by atoms with van der Waals surface area (Å²) in [4.78, 5) is 21.0. The van der Waals surface area contributed by atoms with E-state index >= 15 is 0 Å². The Morgan fingerprint density at radius 1 is 1.46 bits per heavy atom. The van der Waals surface area contributed by atoms with Gasteiger partial charge in [0, 0.05) is 25.6 Å². The molecule has 1 saturated heterocycles. The van der Waals surface area contributed by atoms with Gasteiger partial charge in [-0.25, -0.2) is 9.78 Å². The third-order valence-electron chi connectivity index (χ3n) is 3.98. The number of hydrogen-bond acceptors (Lipinski definition) is 5. The first-order chi connectivity index (χ1) is 11.6. The SMILES string of the molecule is CN(C)C[C@@H]1COCCN(C(=O)NCc2nc3ccccc3s2)C1. The van der Waals surface area contributed by atoms with Crippen LogP contribution in [0.4, 0.5) is 4.79 Å². The molecule has 6 nitrogen and oxygen atoms in total. The number of amides is 2. The van der Waals surface area contributed by atoms with Crippen molar-refractivity contribution in [2.45, 2.75) is 6.54 Å². The zero-order valence-electron chi connectivity index (χ0n) is 14.2. The maximum Gasteiger partial charge on any atom is 0.317 e. The average molecular weight is 348 g/mol. The summed E-state index contributed by atoms with van der Waals surface area (Å²) in [6, 6.07) is 7.99. The Hall–Kier alpha value is -1.70. The lowest BCUT2D eigenvalue weighted by molar-refractivity contribution is 0.112. The maximum atomic E-state index is 12.5. The molecule has 2 amide bonds. The largest absolute Gasteiger partial charge is 0.379 e. The lowest BCUT2D eigenvalue weighted by atomic mass is 10.1. The first-order valence-corrected chi connectivity index (χ1v) is 9.03. The highest BCUT2D eigenvalue weighted by molar-refractivity contribution is 7.18. The molecule has 2 aromatic rings. The lowest BCUT2D eigenvalue weighted by Gasteiger charge is -2.25. The van der Waals surface area contributed by atoms with Gasteiger partial charge in [0.1, 0.15) is 5.01 Å². The number of thiazole rings is 1. The van der Waals surface area contributed by atoms with Crippen LogP contribution in [0.25, 0.3) is 10.2 Å². The van der Waals surface area contributed by atoms with Crippen molar-refractivity contribution < 1.29 is 9.53 Å². The number of nitrogens with zero attached hydrogens (tertiary/aromatic N) is 3. The number of urea groups is 1. The Morgan fingerprint density at radius 2 is 2.29 bits per heavy atom.